The smallest absolute Gasteiger partial charge is 0.203 e. The molecule has 0 aliphatic carbocycles. The first kappa shape index (κ1) is 12.5. The molecule has 1 fully saturated rings. The van der Waals surface area contributed by atoms with Crippen LogP contribution in [0.3, 0.4) is 0 Å². The van der Waals surface area contributed by atoms with E-state index in [-0.39, 0.29) is 0 Å². The number of rotatable bonds is 0. The lowest BCUT2D eigenvalue weighted by Crippen LogP contribution is -2.39. The highest BCUT2D eigenvalue weighted by Gasteiger charge is 2.20. The molecule has 0 saturated carbocycles. The molecule has 0 spiro atoms. The Labute approximate surface area is 125 Å². The summed E-state index contributed by atoms with van der Waals surface area (Å²) in [5.41, 5.74) is 4.62. The Balaban J connectivity index is 1.83. The number of likely N-dealkylation sites (tertiary alicyclic amines) is 1. The second kappa shape index (κ2) is 5.24. The van der Waals surface area contributed by atoms with Gasteiger partial charge in [-0.05, 0) is 31.4 Å². The van der Waals surface area contributed by atoms with Crippen molar-refractivity contribution in [3.63, 3.8) is 0 Å². The molecule has 2 aromatic rings. The van der Waals surface area contributed by atoms with Crippen LogP contribution in [0.25, 0.3) is 11.1 Å². The molecule has 0 unspecified atom stereocenters. The number of nitrogens with zero attached hydrogens (tertiary/aromatic N) is 2. The maximum absolute atomic E-state index is 4.91. The maximum Gasteiger partial charge on any atom is 0.203 e. The zero-order valence-corrected chi connectivity index (χ0v) is 12.0. The monoisotopic (exact) mass is 277 g/mol. The average molecular weight is 277 g/mol. The minimum Gasteiger partial charge on any atom is -0.342 e. The predicted octanol–water partition coefficient (Wildman–Crippen LogP) is 4.25. The van der Waals surface area contributed by atoms with E-state index in [1.54, 1.807) is 0 Å². The number of guanidine groups is 1. The van der Waals surface area contributed by atoms with E-state index < -0.39 is 0 Å². The summed E-state index contributed by atoms with van der Waals surface area (Å²) in [6.45, 7) is 2.19. The molecule has 4 rings (SSSR count). The van der Waals surface area contributed by atoms with Crippen molar-refractivity contribution in [2.75, 3.05) is 18.4 Å². The molecule has 1 N–H and O–H groups in total. The summed E-state index contributed by atoms with van der Waals surface area (Å²) in [5, 5.41) is 3.55. The van der Waals surface area contributed by atoms with E-state index in [1.165, 1.54) is 30.4 Å². The largest absolute Gasteiger partial charge is 0.342 e. The Kier molecular flexibility index (Phi) is 3.11. The van der Waals surface area contributed by atoms with Gasteiger partial charge in [0.25, 0.3) is 0 Å². The zero-order valence-electron chi connectivity index (χ0n) is 12.0. The fraction of sp³-hybridized carbons (Fsp3) is 0.278. The van der Waals surface area contributed by atoms with Gasteiger partial charge < -0.3 is 10.2 Å². The van der Waals surface area contributed by atoms with Crippen molar-refractivity contribution in [2.45, 2.75) is 19.3 Å². The van der Waals surface area contributed by atoms with Gasteiger partial charge in [-0.25, -0.2) is 4.99 Å². The summed E-state index contributed by atoms with van der Waals surface area (Å²) in [6.07, 6.45) is 3.84. The molecule has 2 aliphatic heterocycles. The van der Waals surface area contributed by atoms with Crippen LogP contribution in [0.5, 0.6) is 0 Å². The van der Waals surface area contributed by atoms with Crippen LogP contribution in [-0.2, 0) is 0 Å². The SMILES string of the molecule is c1ccc2c(c1)N=C(N1CCCCC1)Nc1ccccc1-2. The summed E-state index contributed by atoms with van der Waals surface area (Å²) in [5.74, 6) is 0.993. The molecule has 3 nitrogen and oxygen atoms in total. The number of hydrogen-bond donors (Lipinski definition) is 1. The summed E-state index contributed by atoms with van der Waals surface area (Å²) in [7, 11) is 0. The van der Waals surface area contributed by atoms with Gasteiger partial charge >= 0.3 is 0 Å². The number of anilines is 1. The molecule has 3 heteroatoms. The van der Waals surface area contributed by atoms with Crippen molar-refractivity contribution in [3.05, 3.63) is 48.5 Å². The van der Waals surface area contributed by atoms with Crippen molar-refractivity contribution < 1.29 is 0 Å². The predicted molar refractivity (Wildman–Crippen MR) is 88.0 cm³/mol. The van der Waals surface area contributed by atoms with Crippen LogP contribution in [-0.4, -0.2) is 23.9 Å². The Bertz CT molecular complexity index is 684. The minimum atomic E-state index is 0.993. The van der Waals surface area contributed by atoms with Gasteiger partial charge in [0.05, 0.1) is 5.69 Å². The van der Waals surface area contributed by atoms with Crippen LogP contribution in [0.2, 0.25) is 0 Å². The fourth-order valence-electron chi connectivity index (χ4n) is 3.14. The Morgan fingerprint density at radius 2 is 1.52 bits per heavy atom. The lowest BCUT2D eigenvalue weighted by atomic mass is 10.0. The number of fused-ring (bicyclic) bond motifs is 3. The Morgan fingerprint density at radius 3 is 2.38 bits per heavy atom. The average Bonchev–Trinajstić information content (AvgIpc) is 2.72. The van der Waals surface area contributed by atoms with Gasteiger partial charge in [0.15, 0.2) is 0 Å². The first-order valence-corrected chi connectivity index (χ1v) is 7.71. The molecule has 2 heterocycles. The van der Waals surface area contributed by atoms with Gasteiger partial charge in [0.2, 0.25) is 5.96 Å². The maximum atomic E-state index is 4.91. The molecule has 2 aliphatic rings. The molecule has 0 bridgehead atoms. The van der Waals surface area contributed by atoms with E-state index in [1.807, 2.05) is 0 Å². The first-order valence-electron chi connectivity index (χ1n) is 7.71. The highest BCUT2D eigenvalue weighted by molar-refractivity contribution is 6.03. The van der Waals surface area contributed by atoms with Gasteiger partial charge in [0.1, 0.15) is 0 Å². The third kappa shape index (κ3) is 2.29. The van der Waals surface area contributed by atoms with Gasteiger partial charge in [-0.3, -0.25) is 0 Å². The number of benzene rings is 2. The number of piperidine rings is 1. The summed E-state index contributed by atoms with van der Waals surface area (Å²) < 4.78 is 0. The van der Waals surface area contributed by atoms with Gasteiger partial charge in [-0.2, -0.15) is 0 Å². The van der Waals surface area contributed by atoms with Crippen molar-refractivity contribution >= 4 is 17.3 Å². The molecular formula is C18H19N3. The molecular weight excluding hydrogens is 258 g/mol. The number of nitrogens with one attached hydrogen (secondary N) is 1. The van der Waals surface area contributed by atoms with Crippen molar-refractivity contribution in [1.29, 1.82) is 0 Å². The van der Waals surface area contributed by atoms with Crippen LogP contribution < -0.4 is 5.32 Å². The van der Waals surface area contributed by atoms with Gasteiger partial charge in [-0.15, -0.1) is 0 Å². The van der Waals surface area contributed by atoms with E-state index in [9.17, 15) is 0 Å². The zero-order chi connectivity index (χ0) is 14.1. The second-order valence-corrected chi connectivity index (χ2v) is 5.67. The first-order chi connectivity index (χ1) is 10.4. The standard InChI is InChI=1S/C18H19N3/c1-6-12-21(13-7-1)18-19-16-10-4-2-8-14(16)15-9-3-5-11-17(15)20-18/h2-5,8-11H,1,6-7,12-13H2,(H,19,20). The second-order valence-electron chi connectivity index (χ2n) is 5.67. The quantitative estimate of drug-likeness (QED) is 0.779. The number of aliphatic imine (C=N–C) groups is 1. The highest BCUT2D eigenvalue weighted by Crippen LogP contribution is 2.37. The van der Waals surface area contributed by atoms with Crippen molar-refractivity contribution in [2.24, 2.45) is 4.99 Å². The lowest BCUT2D eigenvalue weighted by Gasteiger charge is -2.29. The van der Waals surface area contributed by atoms with E-state index in [0.717, 1.165) is 30.4 Å². The van der Waals surface area contributed by atoms with Gasteiger partial charge in [0, 0.05) is 29.9 Å². The third-order valence-corrected chi connectivity index (χ3v) is 4.25. The molecule has 106 valence electrons. The van der Waals surface area contributed by atoms with Crippen LogP contribution in [0.4, 0.5) is 11.4 Å². The summed E-state index contributed by atoms with van der Waals surface area (Å²) in [6, 6.07) is 16.9. The number of hydrogen-bond acceptors (Lipinski definition) is 3. The van der Waals surface area contributed by atoms with E-state index in [2.05, 4.69) is 58.7 Å². The normalized spacial score (nSPS) is 17.1. The lowest BCUT2D eigenvalue weighted by molar-refractivity contribution is 0.341. The van der Waals surface area contributed by atoms with Crippen molar-refractivity contribution in [3.8, 4) is 11.1 Å². The highest BCUT2D eigenvalue weighted by atomic mass is 15.3. The molecule has 1 saturated heterocycles. The number of para-hydroxylation sites is 2. The Hall–Kier alpha value is -2.29. The summed E-state index contributed by atoms with van der Waals surface area (Å²) >= 11 is 0. The fourth-order valence-corrected chi connectivity index (χ4v) is 3.14. The van der Waals surface area contributed by atoms with E-state index in [4.69, 9.17) is 4.99 Å². The molecule has 0 amide bonds. The third-order valence-electron chi connectivity index (χ3n) is 4.25. The molecule has 21 heavy (non-hydrogen) atoms. The topological polar surface area (TPSA) is 27.6 Å². The van der Waals surface area contributed by atoms with Crippen LogP contribution in [0.15, 0.2) is 53.5 Å². The van der Waals surface area contributed by atoms with Gasteiger partial charge in [-0.1, -0.05) is 36.4 Å². The molecule has 2 aromatic carbocycles. The minimum absolute atomic E-state index is 0.993. The van der Waals surface area contributed by atoms with E-state index >= 15 is 0 Å². The molecule has 0 radical (unpaired) electrons. The Morgan fingerprint density at radius 1 is 0.810 bits per heavy atom. The summed E-state index contributed by atoms with van der Waals surface area (Å²) in [4.78, 5) is 7.29. The van der Waals surface area contributed by atoms with Crippen LogP contribution >= 0.6 is 0 Å². The molecule has 0 atom stereocenters. The van der Waals surface area contributed by atoms with Crippen LogP contribution in [0.1, 0.15) is 19.3 Å². The van der Waals surface area contributed by atoms with Crippen LogP contribution in [0, 0.1) is 0 Å². The van der Waals surface area contributed by atoms with Crippen molar-refractivity contribution in [1.82, 2.24) is 4.90 Å². The van der Waals surface area contributed by atoms with E-state index in [0.29, 0.717) is 0 Å². The molecule has 0 aromatic heterocycles.